The molecule has 4 rings (SSSR count). The molecule has 0 unspecified atom stereocenters. The van der Waals surface area contributed by atoms with Gasteiger partial charge in [0.25, 0.3) is 5.91 Å². The molecule has 2 aromatic carbocycles. The number of anilines is 1. The minimum Gasteiger partial charge on any atom is -0.493 e. The molecule has 7 heteroatoms. The van der Waals surface area contributed by atoms with Crippen LogP contribution < -0.4 is 19.5 Å². The van der Waals surface area contributed by atoms with Gasteiger partial charge >= 0.3 is 0 Å². The maximum absolute atomic E-state index is 12.9. The van der Waals surface area contributed by atoms with E-state index in [9.17, 15) is 4.79 Å². The molecule has 0 fully saturated rings. The number of nitrogens with one attached hydrogen (secondary N) is 1. The summed E-state index contributed by atoms with van der Waals surface area (Å²) in [6.07, 6.45) is 3.87. The number of hydrogen-bond acceptors (Lipinski definition) is 5. The first kappa shape index (κ1) is 20.3. The third-order valence-electron chi connectivity index (χ3n) is 4.88. The average molecular weight is 417 g/mol. The Balaban J connectivity index is 1.51. The van der Waals surface area contributed by atoms with Gasteiger partial charge in [-0.1, -0.05) is 18.2 Å². The Bertz CT molecular complexity index is 1230. The highest BCUT2D eigenvalue weighted by Crippen LogP contribution is 2.30. The highest BCUT2D eigenvalue weighted by molar-refractivity contribution is 6.06. The molecule has 0 atom stereocenters. The van der Waals surface area contributed by atoms with Crippen LogP contribution in [0, 0.1) is 6.92 Å². The van der Waals surface area contributed by atoms with Crippen molar-refractivity contribution in [2.45, 2.75) is 13.5 Å². The number of aromatic nitrogens is 2. The van der Waals surface area contributed by atoms with Crippen LogP contribution in [0.5, 0.6) is 17.2 Å². The number of hydrogen-bond donors (Lipinski definition) is 1. The first-order valence-corrected chi connectivity index (χ1v) is 9.77. The van der Waals surface area contributed by atoms with Crippen molar-refractivity contribution in [1.82, 2.24) is 9.38 Å². The third-order valence-corrected chi connectivity index (χ3v) is 4.88. The van der Waals surface area contributed by atoms with Crippen LogP contribution >= 0.6 is 0 Å². The van der Waals surface area contributed by atoms with Gasteiger partial charge in [-0.05, 0) is 42.8 Å². The van der Waals surface area contributed by atoms with Crippen molar-refractivity contribution < 1.29 is 19.0 Å². The molecule has 1 N–H and O–H groups in total. The number of para-hydroxylation sites is 1. The molecule has 7 nitrogen and oxygen atoms in total. The van der Waals surface area contributed by atoms with Crippen LogP contribution in [0.15, 0.2) is 67.0 Å². The zero-order chi connectivity index (χ0) is 21.8. The first-order valence-electron chi connectivity index (χ1n) is 9.77. The zero-order valence-corrected chi connectivity index (χ0v) is 17.6. The standard InChI is InChI=1S/C24H23N3O4/c1-16-7-6-12-27-14-18(25-23(16)27)15-31-20-9-5-4-8-19(20)24(28)26-17-10-11-21(29-2)22(13-17)30-3/h4-14H,15H2,1-3H3,(H,26,28). The molecule has 31 heavy (non-hydrogen) atoms. The number of pyridine rings is 1. The minimum atomic E-state index is -0.284. The van der Waals surface area contributed by atoms with Crippen LogP contribution in [-0.4, -0.2) is 29.5 Å². The fourth-order valence-electron chi connectivity index (χ4n) is 3.32. The molecular weight excluding hydrogens is 394 g/mol. The van der Waals surface area contributed by atoms with E-state index in [2.05, 4.69) is 10.3 Å². The summed E-state index contributed by atoms with van der Waals surface area (Å²) in [5, 5.41) is 2.88. The predicted molar refractivity (Wildman–Crippen MR) is 118 cm³/mol. The molecule has 158 valence electrons. The second-order valence-electron chi connectivity index (χ2n) is 6.96. The molecule has 0 spiro atoms. The number of fused-ring (bicyclic) bond motifs is 1. The number of methoxy groups -OCH3 is 2. The Kier molecular flexibility index (Phi) is 5.75. The van der Waals surface area contributed by atoms with E-state index in [4.69, 9.17) is 14.2 Å². The van der Waals surface area contributed by atoms with Crippen LogP contribution in [0.2, 0.25) is 0 Å². The lowest BCUT2D eigenvalue weighted by molar-refractivity contribution is 0.102. The molecule has 0 radical (unpaired) electrons. The van der Waals surface area contributed by atoms with Crippen molar-refractivity contribution in [3.05, 3.63) is 83.8 Å². The van der Waals surface area contributed by atoms with Gasteiger partial charge in [0.15, 0.2) is 11.5 Å². The summed E-state index contributed by atoms with van der Waals surface area (Å²) in [4.78, 5) is 17.5. The monoisotopic (exact) mass is 417 g/mol. The summed E-state index contributed by atoms with van der Waals surface area (Å²) < 4.78 is 18.5. The van der Waals surface area contributed by atoms with E-state index in [1.807, 2.05) is 41.9 Å². The minimum absolute atomic E-state index is 0.252. The molecule has 0 bridgehead atoms. The lowest BCUT2D eigenvalue weighted by Crippen LogP contribution is -2.13. The zero-order valence-electron chi connectivity index (χ0n) is 17.6. The molecule has 2 heterocycles. The van der Waals surface area contributed by atoms with Crippen molar-refractivity contribution >= 4 is 17.2 Å². The molecule has 0 aliphatic carbocycles. The Morgan fingerprint density at radius 3 is 2.58 bits per heavy atom. The predicted octanol–water partition coefficient (Wildman–Crippen LogP) is 4.49. The van der Waals surface area contributed by atoms with E-state index in [1.54, 1.807) is 50.6 Å². The van der Waals surface area contributed by atoms with Crippen LogP contribution in [0.25, 0.3) is 5.65 Å². The Labute approximate surface area is 180 Å². The Morgan fingerprint density at radius 2 is 1.81 bits per heavy atom. The third kappa shape index (κ3) is 4.30. The van der Waals surface area contributed by atoms with Crippen LogP contribution in [0.4, 0.5) is 5.69 Å². The van der Waals surface area contributed by atoms with E-state index in [0.717, 1.165) is 16.9 Å². The molecule has 1 amide bonds. The van der Waals surface area contributed by atoms with Crippen molar-refractivity contribution in [3.63, 3.8) is 0 Å². The number of imidazole rings is 1. The van der Waals surface area contributed by atoms with E-state index in [0.29, 0.717) is 28.5 Å². The SMILES string of the molecule is COc1ccc(NC(=O)c2ccccc2OCc2cn3cccc(C)c3n2)cc1OC. The Morgan fingerprint density at radius 1 is 1.00 bits per heavy atom. The summed E-state index contributed by atoms with van der Waals surface area (Å²) in [5.41, 5.74) is 3.78. The van der Waals surface area contributed by atoms with Gasteiger partial charge in [0.1, 0.15) is 18.0 Å². The first-order chi connectivity index (χ1) is 15.1. The van der Waals surface area contributed by atoms with Gasteiger partial charge in [-0.3, -0.25) is 4.79 Å². The number of aryl methyl sites for hydroxylation is 1. The van der Waals surface area contributed by atoms with Gasteiger partial charge in [0, 0.05) is 24.1 Å². The van der Waals surface area contributed by atoms with E-state index >= 15 is 0 Å². The number of ether oxygens (including phenoxy) is 3. The topological polar surface area (TPSA) is 74.1 Å². The lowest BCUT2D eigenvalue weighted by Gasteiger charge is -2.13. The molecule has 0 aliphatic heterocycles. The van der Waals surface area contributed by atoms with E-state index in [-0.39, 0.29) is 12.5 Å². The van der Waals surface area contributed by atoms with E-state index in [1.165, 1.54) is 0 Å². The van der Waals surface area contributed by atoms with Gasteiger partial charge in [-0.15, -0.1) is 0 Å². The fraction of sp³-hybridized carbons (Fsp3) is 0.167. The van der Waals surface area contributed by atoms with Crippen molar-refractivity contribution in [3.8, 4) is 17.2 Å². The van der Waals surface area contributed by atoms with Gasteiger partial charge in [0.2, 0.25) is 0 Å². The van der Waals surface area contributed by atoms with Gasteiger partial charge in [-0.2, -0.15) is 0 Å². The molecule has 0 saturated heterocycles. The maximum Gasteiger partial charge on any atom is 0.259 e. The summed E-state index contributed by atoms with van der Waals surface area (Å²) in [7, 11) is 3.11. The fourth-order valence-corrected chi connectivity index (χ4v) is 3.32. The largest absolute Gasteiger partial charge is 0.493 e. The molecule has 4 aromatic rings. The number of rotatable bonds is 7. The van der Waals surface area contributed by atoms with Gasteiger partial charge < -0.3 is 23.9 Å². The number of carbonyl (C=O) groups is 1. The normalized spacial score (nSPS) is 10.7. The lowest BCUT2D eigenvalue weighted by atomic mass is 10.1. The van der Waals surface area contributed by atoms with Crippen molar-refractivity contribution in [2.24, 2.45) is 0 Å². The average Bonchev–Trinajstić information content (AvgIpc) is 3.22. The summed E-state index contributed by atoms with van der Waals surface area (Å²) >= 11 is 0. The summed E-state index contributed by atoms with van der Waals surface area (Å²) in [6, 6.07) is 16.3. The number of amides is 1. The van der Waals surface area contributed by atoms with Crippen molar-refractivity contribution in [2.75, 3.05) is 19.5 Å². The summed E-state index contributed by atoms with van der Waals surface area (Å²) in [6.45, 7) is 2.27. The Hall–Kier alpha value is -4.00. The van der Waals surface area contributed by atoms with Crippen LogP contribution in [0.3, 0.4) is 0 Å². The molecule has 2 aromatic heterocycles. The van der Waals surface area contributed by atoms with Crippen LogP contribution in [0.1, 0.15) is 21.6 Å². The number of benzene rings is 2. The van der Waals surface area contributed by atoms with Crippen LogP contribution in [-0.2, 0) is 6.61 Å². The number of carbonyl (C=O) groups excluding carboxylic acids is 1. The molecule has 0 saturated carbocycles. The smallest absolute Gasteiger partial charge is 0.259 e. The maximum atomic E-state index is 12.9. The van der Waals surface area contributed by atoms with Gasteiger partial charge in [-0.25, -0.2) is 4.98 Å². The quantitative estimate of drug-likeness (QED) is 0.480. The summed E-state index contributed by atoms with van der Waals surface area (Å²) in [5.74, 6) is 1.32. The highest BCUT2D eigenvalue weighted by atomic mass is 16.5. The second-order valence-corrected chi connectivity index (χ2v) is 6.96. The molecule has 0 aliphatic rings. The highest BCUT2D eigenvalue weighted by Gasteiger charge is 2.14. The molecular formula is C24H23N3O4. The van der Waals surface area contributed by atoms with Crippen molar-refractivity contribution in [1.29, 1.82) is 0 Å². The van der Waals surface area contributed by atoms with E-state index < -0.39 is 0 Å². The number of nitrogens with zero attached hydrogens (tertiary/aromatic N) is 2. The second kappa shape index (κ2) is 8.79. The van der Waals surface area contributed by atoms with Gasteiger partial charge in [0.05, 0.1) is 25.5 Å².